The maximum Gasteiger partial charge on any atom is 0.264 e. The molecule has 8 nitrogen and oxygen atoms in total. The second-order valence-corrected chi connectivity index (χ2v) is 7.26. The van der Waals surface area contributed by atoms with Gasteiger partial charge in [0.1, 0.15) is 11.6 Å². The Morgan fingerprint density at radius 2 is 2.16 bits per heavy atom. The summed E-state index contributed by atoms with van der Waals surface area (Å²) in [5, 5.41) is 6.62. The molecule has 4 rings (SSSR count). The summed E-state index contributed by atoms with van der Waals surface area (Å²) in [7, 11) is 0. The first kappa shape index (κ1) is 20.5. The fraction of sp³-hybridized carbons (Fsp3) is 0.273. The van der Waals surface area contributed by atoms with Gasteiger partial charge in [0.2, 0.25) is 17.6 Å². The van der Waals surface area contributed by atoms with Crippen LogP contribution in [0.3, 0.4) is 0 Å². The summed E-state index contributed by atoms with van der Waals surface area (Å²) >= 11 is 0. The fourth-order valence-electron chi connectivity index (χ4n) is 3.22. The lowest BCUT2D eigenvalue weighted by Gasteiger charge is -2.15. The molecule has 0 spiro atoms. The van der Waals surface area contributed by atoms with Crippen LogP contribution in [0.25, 0.3) is 11.4 Å². The molecule has 0 bridgehead atoms. The molecule has 0 unspecified atom stereocenters. The van der Waals surface area contributed by atoms with Gasteiger partial charge in [0.05, 0.1) is 6.54 Å². The minimum atomic E-state index is -0.340. The van der Waals surface area contributed by atoms with Gasteiger partial charge in [-0.05, 0) is 37.1 Å². The van der Waals surface area contributed by atoms with Gasteiger partial charge in [-0.15, -0.1) is 0 Å². The Morgan fingerprint density at radius 1 is 1.29 bits per heavy atom. The van der Waals surface area contributed by atoms with E-state index in [1.807, 2.05) is 0 Å². The van der Waals surface area contributed by atoms with Crippen molar-refractivity contribution in [3.05, 3.63) is 59.7 Å². The van der Waals surface area contributed by atoms with Crippen molar-refractivity contribution in [1.29, 1.82) is 0 Å². The molecule has 1 aliphatic heterocycles. The average Bonchev–Trinajstić information content (AvgIpc) is 3.38. The molecule has 1 fully saturated rings. The molecule has 0 radical (unpaired) electrons. The third-order valence-electron chi connectivity index (χ3n) is 4.88. The second kappa shape index (κ2) is 8.95. The van der Waals surface area contributed by atoms with Crippen molar-refractivity contribution in [2.24, 2.45) is 0 Å². The highest BCUT2D eigenvalue weighted by molar-refractivity contribution is 5.95. The monoisotopic (exact) mass is 424 g/mol. The summed E-state index contributed by atoms with van der Waals surface area (Å²) in [5.74, 6) is 0.399. The molecule has 3 aromatic rings. The van der Waals surface area contributed by atoms with Crippen molar-refractivity contribution in [2.45, 2.75) is 26.4 Å². The number of aromatic nitrogens is 2. The van der Waals surface area contributed by atoms with Crippen molar-refractivity contribution in [2.75, 3.05) is 18.4 Å². The Kier molecular flexibility index (Phi) is 5.92. The van der Waals surface area contributed by atoms with Crippen LogP contribution in [0.15, 0.2) is 47.0 Å². The van der Waals surface area contributed by atoms with E-state index < -0.39 is 0 Å². The number of halogens is 1. The highest BCUT2D eigenvalue weighted by Crippen LogP contribution is 2.21. The van der Waals surface area contributed by atoms with E-state index in [2.05, 4.69) is 15.5 Å². The molecule has 2 amide bonds. The standard InChI is InChI=1S/C22H21FN4O4/c1-14-7-8-15(10-18(14)23)22-25-20(31-26-22)13-30-17-5-2-4-16(11-17)24-19(28)12-27-9-3-6-21(27)29/h2,4-5,7-8,10-11H,3,6,9,12-13H2,1H3,(H,24,28). The Labute approximate surface area is 178 Å². The molecule has 160 valence electrons. The average molecular weight is 424 g/mol. The quantitative estimate of drug-likeness (QED) is 0.625. The van der Waals surface area contributed by atoms with Crippen molar-refractivity contribution >= 4 is 17.5 Å². The van der Waals surface area contributed by atoms with Gasteiger partial charge in [0.15, 0.2) is 6.61 Å². The van der Waals surface area contributed by atoms with Gasteiger partial charge in [-0.2, -0.15) is 4.98 Å². The molecule has 31 heavy (non-hydrogen) atoms. The maximum absolute atomic E-state index is 13.7. The highest BCUT2D eigenvalue weighted by Gasteiger charge is 2.22. The molecule has 9 heteroatoms. The van der Waals surface area contributed by atoms with Crippen LogP contribution in [0.1, 0.15) is 24.3 Å². The number of hydrogen-bond acceptors (Lipinski definition) is 6. The van der Waals surface area contributed by atoms with E-state index in [0.717, 1.165) is 6.42 Å². The molecule has 1 aromatic heterocycles. The number of ether oxygens (including phenoxy) is 1. The molecule has 1 saturated heterocycles. The number of rotatable bonds is 7. The predicted octanol–water partition coefficient (Wildman–Crippen LogP) is 3.32. The molecule has 0 saturated carbocycles. The Balaban J connectivity index is 1.34. The van der Waals surface area contributed by atoms with Gasteiger partial charge in [0, 0.05) is 30.3 Å². The lowest BCUT2D eigenvalue weighted by atomic mass is 10.1. The van der Waals surface area contributed by atoms with Crippen LogP contribution >= 0.6 is 0 Å². The summed E-state index contributed by atoms with van der Waals surface area (Å²) < 4.78 is 24.6. The van der Waals surface area contributed by atoms with E-state index in [-0.39, 0.29) is 42.5 Å². The first-order valence-corrected chi connectivity index (χ1v) is 9.87. The lowest BCUT2D eigenvalue weighted by Crippen LogP contribution is -2.33. The van der Waals surface area contributed by atoms with Crippen LogP contribution in [0.5, 0.6) is 5.75 Å². The summed E-state index contributed by atoms with van der Waals surface area (Å²) in [5.41, 5.74) is 1.60. The number of hydrogen-bond donors (Lipinski definition) is 1. The molecule has 2 aromatic carbocycles. The summed E-state index contributed by atoms with van der Waals surface area (Å²) in [6.07, 6.45) is 1.28. The van der Waals surface area contributed by atoms with Crippen molar-refractivity contribution in [3.63, 3.8) is 0 Å². The molecule has 2 heterocycles. The molecule has 0 aliphatic carbocycles. The highest BCUT2D eigenvalue weighted by atomic mass is 19.1. The number of carbonyl (C=O) groups excluding carboxylic acids is 2. The lowest BCUT2D eigenvalue weighted by molar-refractivity contribution is -0.131. The molecular weight excluding hydrogens is 403 g/mol. The topological polar surface area (TPSA) is 97.6 Å². The van der Waals surface area contributed by atoms with Crippen LogP contribution in [-0.4, -0.2) is 39.9 Å². The van der Waals surface area contributed by atoms with Crippen LogP contribution in [0.2, 0.25) is 0 Å². The third kappa shape index (κ3) is 5.06. The summed E-state index contributed by atoms with van der Waals surface area (Å²) in [4.78, 5) is 29.6. The van der Waals surface area contributed by atoms with Gasteiger partial charge >= 0.3 is 0 Å². The number of benzene rings is 2. The number of amides is 2. The van der Waals surface area contributed by atoms with E-state index in [1.165, 1.54) is 6.07 Å². The van der Waals surface area contributed by atoms with Gasteiger partial charge in [-0.3, -0.25) is 9.59 Å². The van der Waals surface area contributed by atoms with Gasteiger partial charge < -0.3 is 19.5 Å². The van der Waals surface area contributed by atoms with Crippen molar-refractivity contribution in [3.8, 4) is 17.1 Å². The van der Waals surface area contributed by atoms with Crippen molar-refractivity contribution in [1.82, 2.24) is 15.0 Å². The number of likely N-dealkylation sites (tertiary alicyclic amines) is 1. The smallest absolute Gasteiger partial charge is 0.264 e. The Morgan fingerprint density at radius 3 is 2.94 bits per heavy atom. The SMILES string of the molecule is Cc1ccc(-c2noc(COc3cccc(NC(=O)CN4CCCC4=O)c3)n2)cc1F. The Hall–Kier alpha value is -3.75. The van der Waals surface area contributed by atoms with E-state index in [0.29, 0.717) is 35.5 Å². The zero-order valence-electron chi connectivity index (χ0n) is 16.9. The minimum absolute atomic E-state index is 0.000429. The number of carbonyl (C=O) groups is 2. The van der Waals surface area contributed by atoms with E-state index in [4.69, 9.17) is 9.26 Å². The predicted molar refractivity (Wildman–Crippen MR) is 110 cm³/mol. The largest absolute Gasteiger partial charge is 0.484 e. The molecule has 1 N–H and O–H groups in total. The number of anilines is 1. The van der Waals surface area contributed by atoms with Crippen LogP contribution in [-0.2, 0) is 16.2 Å². The van der Waals surface area contributed by atoms with Gasteiger partial charge in [-0.25, -0.2) is 4.39 Å². The first-order valence-electron chi connectivity index (χ1n) is 9.87. The van der Waals surface area contributed by atoms with Crippen molar-refractivity contribution < 1.29 is 23.2 Å². The molecular formula is C22H21FN4O4. The van der Waals surface area contributed by atoms with E-state index >= 15 is 0 Å². The third-order valence-corrected chi connectivity index (χ3v) is 4.88. The van der Waals surface area contributed by atoms with E-state index in [1.54, 1.807) is 48.2 Å². The summed E-state index contributed by atoms with van der Waals surface area (Å²) in [6, 6.07) is 11.6. The summed E-state index contributed by atoms with van der Waals surface area (Å²) in [6.45, 7) is 2.34. The zero-order chi connectivity index (χ0) is 21.8. The number of aryl methyl sites for hydroxylation is 1. The Bertz CT molecular complexity index is 1110. The maximum atomic E-state index is 13.7. The van der Waals surface area contributed by atoms with Gasteiger partial charge in [0.25, 0.3) is 5.89 Å². The second-order valence-electron chi connectivity index (χ2n) is 7.26. The van der Waals surface area contributed by atoms with Crippen LogP contribution < -0.4 is 10.1 Å². The molecule has 0 atom stereocenters. The zero-order valence-corrected chi connectivity index (χ0v) is 16.9. The van der Waals surface area contributed by atoms with Crippen LogP contribution in [0, 0.1) is 12.7 Å². The molecule has 1 aliphatic rings. The van der Waals surface area contributed by atoms with Crippen LogP contribution in [0.4, 0.5) is 10.1 Å². The number of nitrogens with zero attached hydrogens (tertiary/aromatic N) is 3. The van der Waals surface area contributed by atoms with Gasteiger partial charge in [-0.1, -0.05) is 23.4 Å². The van der Waals surface area contributed by atoms with E-state index in [9.17, 15) is 14.0 Å². The number of nitrogens with one attached hydrogen (secondary N) is 1. The normalized spacial score (nSPS) is 13.5. The minimum Gasteiger partial charge on any atom is -0.484 e. The fourth-order valence-corrected chi connectivity index (χ4v) is 3.22. The first-order chi connectivity index (χ1) is 15.0.